The summed E-state index contributed by atoms with van der Waals surface area (Å²) in [5.41, 5.74) is 8.11. The fourth-order valence-electron chi connectivity index (χ4n) is 1.89. The summed E-state index contributed by atoms with van der Waals surface area (Å²) in [6, 6.07) is 3.52. The maximum atomic E-state index is 12.1. The number of urea groups is 2. The molecule has 3 N–H and O–H groups in total. The van der Waals surface area contributed by atoms with E-state index in [1.165, 1.54) is 19.1 Å². The largest absolute Gasteiger partial charge is 0.573 e. The number of hydrazone groups is 1. The number of hydrogen-bond acceptors (Lipinski definition) is 5. The van der Waals surface area contributed by atoms with E-state index in [1.807, 2.05) is 0 Å². The van der Waals surface area contributed by atoms with Gasteiger partial charge >= 0.3 is 18.4 Å². The first-order valence-electron chi connectivity index (χ1n) is 7.22. The quantitative estimate of drug-likeness (QED) is 0.554. The predicted octanol–water partition coefficient (Wildman–Crippen LogP) is 1.92. The van der Waals surface area contributed by atoms with Gasteiger partial charge in [-0.25, -0.2) is 20.0 Å². The molecule has 0 atom stereocenters. The fourth-order valence-corrected chi connectivity index (χ4v) is 1.89. The lowest BCUT2D eigenvalue weighted by Crippen LogP contribution is -2.57. The van der Waals surface area contributed by atoms with Gasteiger partial charge in [0.2, 0.25) is 0 Å². The van der Waals surface area contributed by atoms with Gasteiger partial charge in [-0.3, -0.25) is 5.43 Å². The lowest BCUT2D eigenvalue weighted by Gasteiger charge is -2.25. The number of ether oxygens (including phenoxy) is 1. The molecule has 140 valence electrons. The molecular weight excluding hydrogens is 357 g/mol. The van der Waals surface area contributed by atoms with Crippen molar-refractivity contribution in [2.75, 3.05) is 6.54 Å². The van der Waals surface area contributed by atoms with Crippen LogP contribution in [0.5, 0.6) is 5.75 Å². The Labute approximate surface area is 145 Å². The van der Waals surface area contributed by atoms with Crippen molar-refractivity contribution in [2.24, 2.45) is 10.1 Å². The van der Waals surface area contributed by atoms with E-state index < -0.39 is 18.4 Å². The lowest BCUT2D eigenvalue weighted by atomic mass is 10.1. The molecule has 26 heavy (non-hydrogen) atoms. The maximum absolute atomic E-state index is 12.1. The maximum Gasteiger partial charge on any atom is 0.573 e. The van der Waals surface area contributed by atoms with E-state index in [-0.39, 0.29) is 18.0 Å². The Morgan fingerprint density at radius 2 is 2.00 bits per heavy atom. The van der Waals surface area contributed by atoms with Gasteiger partial charge in [-0.15, -0.1) is 18.7 Å². The van der Waals surface area contributed by atoms with E-state index >= 15 is 0 Å². The van der Waals surface area contributed by atoms with Crippen LogP contribution in [-0.4, -0.2) is 41.4 Å². The molecule has 0 aliphatic carbocycles. The van der Waals surface area contributed by atoms with E-state index in [0.29, 0.717) is 11.3 Å². The minimum absolute atomic E-state index is 0.162. The highest BCUT2D eigenvalue weighted by Gasteiger charge is 2.31. The molecule has 1 aliphatic heterocycles. The number of hydrogen-bond donors (Lipinski definition) is 3. The summed E-state index contributed by atoms with van der Waals surface area (Å²) in [4.78, 5) is 27.0. The van der Waals surface area contributed by atoms with Gasteiger partial charge in [-0.2, -0.15) is 10.1 Å². The molecule has 0 fully saturated rings. The van der Waals surface area contributed by atoms with Crippen molar-refractivity contribution in [3.63, 3.8) is 0 Å². The van der Waals surface area contributed by atoms with Crippen LogP contribution >= 0.6 is 0 Å². The molecule has 0 spiro atoms. The second-order valence-electron chi connectivity index (χ2n) is 5.16. The van der Waals surface area contributed by atoms with Crippen molar-refractivity contribution in [3.8, 4) is 5.75 Å². The summed E-state index contributed by atoms with van der Waals surface area (Å²) < 4.78 is 40.1. The first kappa shape index (κ1) is 19.2. The van der Waals surface area contributed by atoms with Crippen LogP contribution in [0.3, 0.4) is 0 Å². The molecule has 0 saturated heterocycles. The van der Waals surface area contributed by atoms with Crippen LogP contribution in [0.25, 0.3) is 0 Å². The van der Waals surface area contributed by atoms with Crippen LogP contribution in [0.1, 0.15) is 19.4 Å². The average Bonchev–Trinajstić information content (AvgIpc) is 2.55. The lowest BCUT2D eigenvalue weighted by molar-refractivity contribution is -0.274. The molecular formula is C14H15F3N6O3. The monoisotopic (exact) mass is 372 g/mol. The summed E-state index contributed by atoms with van der Waals surface area (Å²) in [6.07, 6.45) is -4.78. The van der Waals surface area contributed by atoms with E-state index in [1.54, 1.807) is 6.92 Å². The standard InChI is InChI=1S/C14H15F3N6O3/c1-8-7-23(13(25)21-19-8)22-20-12(24)18-9(2)10-3-5-11(6-4-10)26-14(15,16)17/h3-6,22H,7H2,1-2H3,(H,20,24)(H,21,25)/b18-9+. The van der Waals surface area contributed by atoms with Crippen LogP contribution in [0.2, 0.25) is 0 Å². The topological polar surface area (TPSA) is 107 Å². The number of nitrogens with zero attached hydrogens (tertiary/aromatic N) is 3. The Hall–Kier alpha value is -3.15. The summed E-state index contributed by atoms with van der Waals surface area (Å²) in [6.45, 7) is 3.35. The van der Waals surface area contributed by atoms with Crippen LogP contribution in [-0.2, 0) is 0 Å². The number of carbonyl (C=O) groups excluding carboxylic acids is 2. The van der Waals surface area contributed by atoms with Gasteiger partial charge in [0.05, 0.1) is 18.0 Å². The third kappa shape index (κ3) is 5.73. The first-order chi connectivity index (χ1) is 12.1. The number of aliphatic imine (C=N–C) groups is 1. The van der Waals surface area contributed by atoms with Gasteiger partial charge in [0, 0.05) is 0 Å². The molecule has 1 heterocycles. The molecule has 0 bridgehead atoms. The van der Waals surface area contributed by atoms with Crippen molar-refractivity contribution >= 4 is 23.5 Å². The van der Waals surface area contributed by atoms with E-state index in [2.05, 4.69) is 31.2 Å². The second-order valence-corrected chi connectivity index (χ2v) is 5.16. The Morgan fingerprint density at radius 3 is 2.62 bits per heavy atom. The van der Waals surface area contributed by atoms with Gasteiger partial charge in [0.15, 0.2) is 0 Å². The van der Waals surface area contributed by atoms with Crippen LogP contribution in [0.4, 0.5) is 22.8 Å². The average molecular weight is 372 g/mol. The zero-order valence-corrected chi connectivity index (χ0v) is 13.7. The zero-order valence-electron chi connectivity index (χ0n) is 13.7. The van der Waals surface area contributed by atoms with E-state index in [4.69, 9.17) is 0 Å². The van der Waals surface area contributed by atoms with Gasteiger partial charge < -0.3 is 4.74 Å². The molecule has 0 aromatic heterocycles. The van der Waals surface area contributed by atoms with E-state index in [0.717, 1.165) is 17.1 Å². The number of benzene rings is 1. The Morgan fingerprint density at radius 1 is 1.35 bits per heavy atom. The summed E-state index contributed by atoms with van der Waals surface area (Å²) in [7, 11) is 0. The van der Waals surface area contributed by atoms with Gasteiger partial charge in [-0.05, 0) is 43.7 Å². The molecule has 0 radical (unpaired) electrons. The Bertz CT molecular complexity index is 745. The highest BCUT2D eigenvalue weighted by Crippen LogP contribution is 2.22. The zero-order chi connectivity index (χ0) is 19.3. The molecule has 4 amide bonds. The van der Waals surface area contributed by atoms with Crippen molar-refractivity contribution < 1.29 is 27.5 Å². The number of alkyl halides is 3. The number of halogens is 3. The molecule has 9 nitrogen and oxygen atoms in total. The molecule has 0 unspecified atom stereocenters. The highest BCUT2D eigenvalue weighted by atomic mass is 19.4. The fraction of sp³-hybridized carbons (Fsp3) is 0.286. The van der Waals surface area contributed by atoms with E-state index in [9.17, 15) is 22.8 Å². The number of rotatable bonds is 4. The summed E-state index contributed by atoms with van der Waals surface area (Å²) >= 11 is 0. The molecule has 1 aromatic carbocycles. The molecule has 1 aromatic rings. The Balaban J connectivity index is 1.92. The van der Waals surface area contributed by atoms with Crippen LogP contribution < -0.4 is 21.1 Å². The summed E-state index contributed by atoms with van der Waals surface area (Å²) in [5, 5.41) is 4.80. The minimum atomic E-state index is -4.78. The van der Waals surface area contributed by atoms with Crippen molar-refractivity contribution in [3.05, 3.63) is 29.8 Å². The third-order valence-electron chi connectivity index (χ3n) is 3.05. The number of carbonyl (C=O) groups is 2. The van der Waals surface area contributed by atoms with Crippen LogP contribution in [0.15, 0.2) is 34.4 Å². The van der Waals surface area contributed by atoms with Crippen molar-refractivity contribution in [1.29, 1.82) is 0 Å². The van der Waals surface area contributed by atoms with Crippen LogP contribution in [0, 0.1) is 0 Å². The predicted molar refractivity (Wildman–Crippen MR) is 85.4 cm³/mol. The summed E-state index contributed by atoms with van der Waals surface area (Å²) in [5.74, 6) is -0.381. The number of amides is 4. The molecule has 1 aliphatic rings. The first-order valence-corrected chi connectivity index (χ1v) is 7.22. The van der Waals surface area contributed by atoms with Gasteiger partial charge in [-0.1, -0.05) is 0 Å². The molecule has 0 saturated carbocycles. The van der Waals surface area contributed by atoms with Crippen molar-refractivity contribution in [1.82, 2.24) is 21.4 Å². The Kier molecular flexibility index (Phi) is 5.77. The minimum Gasteiger partial charge on any atom is -0.406 e. The highest BCUT2D eigenvalue weighted by molar-refractivity contribution is 6.04. The smallest absolute Gasteiger partial charge is 0.406 e. The molecule has 2 rings (SSSR count). The second kappa shape index (κ2) is 7.82. The molecule has 12 heteroatoms. The van der Waals surface area contributed by atoms with Gasteiger partial charge in [0.1, 0.15) is 5.75 Å². The van der Waals surface area contributed by atoms with Crippen molar-refractivity contribution in [2.45, 2.75) is 20.2 Å². The number of hydrazine groups is 2. The SMILES string of the molecule is CC1=NNC(=O)N(NNC(=O)/N=C(\C)c2ccc(OC(F)(F)F)cc2)C1. The normalized spacial score (nSPS) is 15.3. The van der Waals surface area contributed by atoms with Gasteiger partial charge in [0.25, 0.3) is 0 Å². The third-order valence-corrected chi connectivity index (χ3v) is 3.05. The number of nitrogens with one attached hydrogen (secondary N) is 3.